The molecule has 1 aromatic carbocycles. The lowest BCUT2D eigenvalue weighted by Crippen LogP contribution is -2.03. The van der Waals surface area contributed by atoms with Crippen molar-refractivity contribution < 1.29 is 0 Å². The van der Waals surface area contributed by atoms with E-state index in [2.05, 4.69) is 22.5 Å². The van der Waals surface area contributed by atoms with Gasteiger partial charge in [0.25, 0.3) is 0 Å². The summed E-state index contributed by atoms with van der Waals surface area (Å²) in [4.78, 5) is 4.30. The molecule has 0 bridgehead atoms. The highest BCUT2D eigenvalue weighted by molar-refractivity contribution is 6.35. The number of halogens is 1. The maximum atomic E-state index is 6.07. The first kappa shape index (κ1) is 11.1. The summed E-state index contributed by atoms with van der Waals surface area (Å²) in [6, 6.07) is 7.89. The molecule has 2 nitrogen and oxygen atoms in total. The molecule has 1 N–H and O–H groups in total. The van der Waals surface area contributed by atoms with Gasteiger partial charge in [-0.3, -0.25) is 4.98 Å². The highest BCUT2D eigenvalue weighted by Crippen LogP contribution is 2.22. The van der Waals surface area contributed by atoms with Gasteiger partial charge in [0, 0.05) is 18.1 Å². The number of hydrogen-bond acceptors (Lipinski definition) is 2. The number of rotatable bonds is 3. The molecular weight excluding hydrogens is 220 g/mol. The van der Waals surface area contributed by atoms with Crippen molar-refractivity contribution >= 4 is 28.6 Å². The summed E-state index contributed by atoms with van der Waals surface area (Å²) in [6.45, 7) is 0.862. The maximum Gasteiger partial charge on any atom is 0.0722 e. The van der Waals surface area contributed by atoms with Gasteiger partial charge in [0.15, 0.2) is 0 Å². The van der Waals surface area contributed by atoms with Gasteiger partial charge in [-0.15, -0.1) is 0 Å². The molecule has 1 heterocycles. The van der Waals surface area contributed by atoms with E-state index >= 15 is 0 Å². The smallest absolute Gasteiger partial charge is 0.0722 e. The zero-order chi connectivity index (χ0) is 11.4. The van der Waals surface area contributed by atoms with E-state index in [1.165, 1.54) is 0 Å². The second-order valence-electron chi connectivity index (χ2n) is 3.53. The number of nitrogens with one attached hydrogen (secondary N) is 1. The van der Waals surface area contributed by atoms with Gasteiger partial charge < -0.3 is 5.32 Å². The Kier molecular flexibility index (Phi) is 3.54. The first-order valence-electron chi connectivity index (χ1n) is 5.16. The van der Waals surface area contributed by atoms with E-state index in [1.807, 2.05) is 25.2 Å². The Morgan fingerprint density at radius 1 is 1.38 bits per heavy atom. The lowest BCUT2D eigenvalue weighted by atomic mass is 10.1. The minimum atomic E-state index is 0.746. The number of hydrogen-bond donors (Lipinski definition) is 1. The van der Waals surface area contributed by atoms with Crippen LogP contribution in [0.25, 0.3) is 17.0 Å². The predicted molar refractivity (Wildman–Crippen MR) is 69.7 cm³/mol. The number of pyridine rings is 1. The average Bonchev–Trinajstić information content (AvgIpc) is 2.30. The van der Waals surface area contributed by atoms with Crippen LogP contribution in [0.2, 0.25) is 5.02 Å². The van der Waals surface area contributed by atoms with Crippen LogP contribution in [0, 0.1) is 0 Å². The van der Waals surface area contributed by atoms with Gasteiger partial charge in [0.2, 0.25) is 0 Å². The number of likely N-dealkylation sites (N-methyl/N-ethyl adjacent to an activating group) is 1. The van der Waals surface area contributed by atoms with Gasteiger partial charge in [0.05, 0.1) is 10.5 Å². The predicted octanol–water partition coefficient (Wildman–Crippen LogP) is 3.12. The summed E-state index contributed by atoms with van der Waals surface area (Å²) in [7, 11) is 1.92. The Balaban J connectivity index is 2.37. The lowest BCUT2D eigenvalue weighted by Gasteiger charge is -2.00. The summed E-state index contributed by atoms with van der Waals surface area (Å²) >= 11 is 6.07. The van der Waals surface area contributed by atoms with Crippen LogP contribution in [0.4, 0.5) is 0 Å². The third kappa shape index (κ3) is 2.40. The molecule has 0 saturated carbocycles. The van der Waals surface area contributed by atoms with Crippen molar-refractivity contribution in [3.63, 3.8) is 0 Å². The number of fused-ring (bicyclic) bond motifs is 1. The van der Waals surface area contributed by atoms with E-state index < -0.39 is 0 Å². The molecule has 0 amide bonds. The topological polar surface area (TPSA) is 24.9 Å². The minimum absolute atomic E-state index is 0.746. The van der Waals surface area contributed by atoms with Crippen molar-refractivity contribution in [2.75, 3.05) is 13.6 Å². The van der Waals surface area contributed by atoms with E-state index in [-0.39, 0.29) is 0 Å². The normalized spacial score (nSPS) is 11.4. The molecule has 82 valence electrons. The molecule has 0 aliphatic heterocycles. The molecule has 0 unspecified atom stereocenters. The zero-order valence-electron chi connectivity index (χ0n) is 9.07. The van der Waals surface area contributed by atoms with Crippen LogP contribution in [0.5, 0.6) is 0 Å². The van der Waals surface area contributed by atoms with Gasteiger partial charge in [-0.1, -0.05) is 35.9 Å². The number of benzene rings is 1. The zero-order valence-corrected chi connectivity index (χ0v) is 9.83. The van der Waals surface area contributed by atoms with E-state index in [4.69, 9.17) is 11.6 Å². The largest absolute Gasteiger partial charge is 0.316 e. The monoisotopic (exact) mass is 232 g/mol. The van der Waals surface area contributed by atoms with E-state index in [1.54, 1.807) is 12.3 Å². The van der Waals surface area contributed by atoms with Gasteiger partial charge in [-0.05, 0) is 24.7 Å². The van der Waals surface area contributed by atoms with Crippen molar-refractivity contribution in [3.8, 4) is 0 Å². The lowest BCUT2D eigenvalue weighted by molar-refractivity contribution is 0.922. The van der Waals surface area contributed by atoms with Crippen molar-refractivity contribution in [3.05, 3.63) is 47.1 Å². The molecule has 0 aliphatic rings. The molecule has 2 rings (SSSR count). The Morgan fingerprint density at radius 3 is 3.06 bits per heavy atom. The van der Waals surface area contributed by atoms with Crippen LogP contribution < -0.4 is 5.32 Å². The van der Waals surface area contributed by atoms with E-state index in [0.717, 1.165) is 28.0 Å². The second-order valence-corrected chi connectivity index (χ2v) is 3.94. The van der Waals surface area contributed by atoms with Crippen molar-refractivity contribution in [1.29, 1.82) is 0 Å². The average molecular weight is 233 g/mol. The molecule has 0 aliphatic carbocycles. The Morgan fingerprint density at radius 2 is 2.25 bits per heavy atom. The van der Waals surface area contributed by atoms with Crippen LogP contribution in [0.15, 0.2) is 36.5 Å². The standard InChI is InChI=1S/C13H13ClN2/c1-15-7-2-3-10-4-5-11-12(14)6-8-16-13(11)9-10/h2-6,8-9,15H,7H2,1H3. The van der Waals surface area contributed by atoms with Gasteiger partial charge >= 0.3 is 0 Å². The van der Waals surface area contributed by atoms with Crippen molar-refractivity contribution in [1.82, 2.24) is 10.3 Å². The highest BCUT2D eigenvalue weighted by atomic mass is 35.5. The molecule has 16 heavy (non-hydrogen) atoms. The molecule has 0 radical (unpaired) electrons. The fraction of sp³-hybridized carbons (Fsp3) is 0.154. The van der Waals surface area contributed by atoms with Crippen LogP contribution in [0.3, 0.4) is 0 Å². The molecule has 0 atom stereocenters. The minimum Gasteiger partial charge on any atom is -0.316 e. The fourth-order valence-electron chi connectivity index (χ4n) is 1.55. The first-order valence-corrected chi connectivity index (χ1v) is 5.54. The van der Waals surface area contributed by atoms with Gasteiger partial charge in [0.1, 0.15) is 0 Å². The summed E-state index contributed by atoms with van der Waals surface area (Å²) in [6.07, 6.45) is 5.87. The van der Waals surface area contributed by atoms with Crippen molar-refractivity contribution in [2.24, 2.45) is 0 Å². The summed E-state index contributed by atoms with van der Waals surface area (Å²) in [5.41, 5.74) is 2.07. The summed E-state index contributed by atoms with van der Waals surface area (Å²) < 4.78 is 0. The maximum absolute atomic E-state index is 6.07. The number of aromatic nitrogens is 1. The third-order valence-electron chi connectivity index (χ3n) is 2.35. The molecule has 0 fully saturated rings. The Labute approximate surface area is 100.0 Å². The van der Waals surface area contributed by atoms with Gasteiger partial charge in [-0.2, -0.15) is 0 Å². The molecule has 0 spiro atoms. The molecular formula is C13H13ClN2. The second kappa shape index (κ2) is 5.10. The quantitative estimate of drug-likeness (QED) is 0.880. The van der Waals surface area contributed by atoms with Crippen LogP contribution in [-0.2, 0) is 0 Å². The van der Waals surface area contributed by atoms with E-state index in [9.17, 15) is 0 Å². The van der Waals surface area contributed by atoms with Crippen LogP contribution in [0.1, 0.15) is 5.56 Å². The number of nitrogens with zero attached hydrogens (tertiary/aromatic N) is 1. The third-order valence-corrected chi connectivity index (χ3v) is 2.68. The SMILES string of the molecule is CNCC=Cc1ccc2c(Cl)ccnc2c1. The van der Waals surface area contributed by atoms with Gasteiger partial charge in [-0.25, -0.2) is 0 Å². The molecule has 0 saturated heterocycles. The molecule has 1 aromatic heterocycles. The van der Waals surface area contributed by atoms with Crippen LogP contribution in [-0.4, -0.2) is 18.6 Å². The summed E-state index contributed by atoms with van der Waals surface area (Å²) in [5, 5.41) is 4.80. The fourth-order valence-corrected chi connectivity index (χ4v) is 1.76. The first-order chi connectivity index (χ1) is 7.81. The van der Waals surface area contributed by atoms with Crippen LogP contribution >= 0.6 is 11.6 Å². The van der Waals surface area contributed by atoms with Crippen molar-refractivity contribution in [2.45, 2.75) is 0 Å². The Hall–Kier alpha value is -1.38. The van der Waals surface area contributed by atoms with E-state index in [0.29, 0.717) is 0 Å². The highest BCUT2D eigenvalue weighted by Gasteiger charge is 1.99. The molecule has 2 aromatic rings. The Bertz CT molecular complexity index is 520. The molecule has 3 heteroatoms. The summed E-state index contributed by atoms with van der Waals surface area (Å²) in [5.74, 6) is 0.